The fraction of sp³-hybridized carbons (Fsp3) is 0.111. The lowest BCUT2D eigenvalue weighted by molar-refractivity contribution is 0.0697. The minimum Gasteiger partial charge on any atom is -0.478 e. The lowest BCUT2D eigenvalue weighted by Gasteiger charge is -2.02. The van der Waals surface area contributed by atoms with Crippen molar-refractivity contribution in [3.63, 3.8) is 0 Å². The molecule has 78 valence electrons. The van der Waals surface area contributed by atoms with Crippen LogP contribution in [-0.2, 0) is 7.05 Å². The van der Waals surface area contributed by atoms with Crippen LogP contribution in [0.2, 0.25) is 5.02 Å². The van der Waals surface area contributed by atoms with Gasteiger partial charge in [-0.25, -0.2) is 4.79 Å². The summed E-state index contributed by atoms with van der Waals surface area (Å²) in [6.45, 7) is 0. The van der Waals surface area contributed by atoms with Crippen molar-refractivity contribution in [2.75, 3.05) is 0 Å². The third-order valence-electron chi connectivity index (χ3n) is 2.05. The first-order chi connectivity index (χ1) is 7.09. The predicted molar refractivity (Wildman–Crippen MR) is 54.5 cm³/mol. The molecular formula is C9H8ClN3O2. The summed E-state index contributed by atoms with van der Waals surface area (Å²) in [4.78, 5) is 10.7. The molecule has 0 radical (unpaired) electrons. The fourth-order valence-corrected chi connectivity index (χ4v) is 1.61. The topological polar surface area (TPSA) is 60.0 Å². The van der Waals surface area contributed by atoms with Crippen molar-refractivity contribution in [3.05, 3.63) is 35.2 Å². The molecule has 0 aliphatic rings. The van der Waals surface area contributed by atoms with Crippen molar-refractivity contribution in [1.29, 1.82) is 0 Å². The largest absolute Gasteiger partial charge is 0.478 e. The SMILES string of the molecule is Cn1ncc(Cl)c1-n1ccc(C(=O)O)c1. The maximum absolute atomic E-state index is 10.7. The van der Waals surface area contributed by atoms with Crippen LogP contribution in [0, 0.1) is 0 Å². The molecule has 1 N–H and O–H groups in total. The lowest BCUT2D eigenvalue weighted by atomic mass is 10.4. The quantitative estimate of drug-likeness (QED) is 0.844. The first-order valence-electron chi connectivity index (χ1n) is 4.19. The molecule has 0 bridgehead atoms. The zero-order valence-electron chi connectivity index (χ0n) is 7.88. The number of rotatable bonds is 2. The molecule has 2 aromatic heterocycles. The lowest BCUT2D eigenvalue weighted by Crippen LogP contribution is -2.01. The molecule has 2 rings (SSSR count). The van der Waals surface area contributed by atoms with Crippen LogP contribution >= 0.6 is 11.6 Å². The Balaban J connectivity index is 2.50. The van der Waals surface area contributed by atoms with Gasteiger partial charge in [0.2, 0.25) is 0 Å². The number of carboxylic acids is 1. The van der Waals surface area contributed by atoms with E-state index in [1.807, 2.05) is 0 Å². The summed E-state index contributed by atoms with van der Waals surface area (Å²) in [5.41, 5.74) is 0.215. The van der Waals surface area contributed by atoms with Gasteiger partial charge in [0.15, 0.2) is 5.82 Å². The third-order valence-corrected chi connectivity index (χ3v) is 2.32. The molecule has 5 nitrogen and oxygen atoms in total. The van der Waals surface area contributed by atoms with Crippen LogP contribution in [-0.4, -0.2) is 25.4 Å². The molecule has 2 aromatic rings. The van der Waals surface area contributed by atoms with Gasteiger partial charge >= 0.3 is 5.97 Å². The van der Waals surface area contributed by atoms with Gasteiger partial charge in [0.05, 0.1) is 11.8 Å². The minimum absolute atomic E-state index is 0.215. The first-order valence-corrected chi connectivity index (χ1v) is 4.56. The second kappa shape index (κ2) is 3.43. The minimum atomic E-state index is -0.966. The molecule has 0 aromatic carbocycles. The summed E-state index contributed by atoms with van der Waals surface area (Å²) < 4.78 is 3.20. The number of nitrogens with zero attached hydrogens (tertiary/aromatic N) is 3. The molecule has 0 saturated carbocycles. The van der Waals surface area contributed by atoms with E-state index < -0.39 is 5.97 Å². The molecule has 0 spiro atoms. The highest BCUT2D eigenvalue weighted by Crippen LogP contribution is 2.19. The standard InChI is InChI=1S/C9H8ClN3O2/c1-12-8(7(10)4-11-12)13-3-2-6(5-13)9(14)15/h2-5H,1H3,(H,14,15). The van der Waals surface area contributed by atoms with Crippen molar-refractivity contribution in [2.45, 2.75) is 0 Å². The average molecular weight is 226 g/mol. The Bertz CT molecular complexity index is 496. The molecule has 2 heterocycles. The van der Waals surface area contributed by atoms with Crippen molar-refractivity contribution in [3.8, 4) is 5.82 Å². The maximum Gasteiger partial charge on any atom is 0.337 e. The summed E-state index contributed by atoms with van der Waals surface area (Å²) >= 11 is 5.92. The second-order valence-corrected chi connectivity index (χ2v) is 3.46. The van der Waals surface area contributed by atoms with Crippen molar-refractivity contribution in [2.24, 2.45) is 7.05 Å². The number of hydrogen-bond donors (Lipinski definition) is 1. The number of carbonyl (C=O) groups is 1. The summed E-state index contributed by atoms with van der Waals surface area (Å²) in [5, 5.41) is 13.2. The van der Waals surface area contributed by atoms with Crippen LogP contribution < -0.4 is 0 Å². The van der Waals surface area contributed by atoms with Crippen LogP contribution in [0.3, 0.4) is 0 Å². The van der Waals surface area contributed by atoms with Gasteiger partial charge in [0.1, 0.15) is 5.02 Å². The molecule has 0 unspecified atom stereocenters. The Morgan fingerprint density at radius 3 is 2.80 bits per heavy atom. The Morgan fingerprint density at radius 1 is 1.60 bits per heavy atom. The number of halogens is 1. The zero-order valence-corrected chi connectivity index (χ0v) is 8.64. The second-order valence-electron chi connectivity index (χ2n) is 3.05. The Kier molecular flexibility index (Phi) is 2.24. The highest BCUT2D eigenvalue weighted by atomic mass is 35.5. The average Bonchev–Trinajstić information content (AvgIpc) is 2.73. The van der Waals surface area contributed by atoms with E-state index in [0.29, 0.717) is 10.8 Å². The van der Waals surface area contributed by atoms with Gasteiger partial charge in [-0.2, -0.15) is 5.10 Å². The summed E-state index contributed by atoms with van der Waals surface area (Å²) in [6.07, 6.45) is 4.63. The molecular weight excluding hydrogens is 218 g/mol. The smallest absolute Gasteiger partial charge is 0.337 e. The molecule has 15 heavy (non-hydrogen) atoms. The van der Waals surface area contributed by atoms with Gasteiger partial charge < -0.3 is 9.67 Å². The van der Waals surface area contributed by atoms with Gasteiger partial charge in [0, 0.05) is 19.4 Å². The fourth-order valence-electron chi connectivity index (χ4n) is 1.35. The maximum atomic E-state index is 10.7. The Morgan fingerprint density at radius 2 is 2.33 bits per heavy atom. The number of carboxylic acid groups (broad SMARTS) is 1. The van der Waals surface area contributed by atoms with E-state index in [-0.39, 0.29) is 5.56 Å². The number of hydrogen-bond acceptors (Lipinski definition) is 2. The summed E-state index contributed by atoms with van der Waals surface area (Å²) in [6, 6.07) is 1.51. The monoisotopic (exact) mass is 225 g/mol. The van der Waals surface area contributed by atoms with Crippen molar-refractivity contribution in [1.82, 2.24) is 14.3 Å². The van der Waals surface area contributed by atoms with E-state index in [4.69, 9.17) is 16.7 Å². The van der Waals surface area contributed by atoms with Crippen LogP contribution in [0.5, 0.6) is 0 Å². The highest BCUT2D eigenvalue weighted by molar-refractivity contribution is 6.32. The van der Waals surface area contributed by atoms with E-state index >= 15 is 0 Å². The first kappa shape index (κ1) is 9.79. The van der Waals surface area contributed by atoms with Crippen LogP contribution in [0.4, 0.5) is 0 Å². The molecule has 0 aliphatic heterocycles. The van der Waals surface area contributed by atoms with Crippen molar-refractivity contribution < 1.29 is 9.90 Å². The van der Waals surface area contributed by atoms with Gasteiger partial charge in [0.25, 0.3) is 0 Å². The molecule has 0 aliphatic carbocycles. The molecule has 6 heteroatoms. The number of aromatic carboxylic acids is 1. The molecule has 0 amide bonds. The number of aromatic nitrogens is 3. The highest BCUT2D eigenvalue weighted by Gasteiger charge is 2.11. The van der Waals surface area contributed by atoms with Gasteiger partial charge in [-0.1, -0.05) is 11.6 Å². The zero-order chi connectivity index (χ0) is 11.0. The Hall–Kier alpha value is -1.75. The van der Waals surface area contributed by atoms with E-state index in [9.17, 15) is 4.79 Å². The van der Waals surface area contributed by atoms with E-state index in [0.717, 1.165) is 0 Å². The molecule has 0 atom stereocenters. The van der Waals surface area contributed by atoms with Gasteiger partial charge in [-0.15, -0.1) is 0 Å². The van der Waals surface area contributed by atoms with Crippen LogP contribution in [0.1, 0.15) is 10.4 Å². The van der Waals surface area contributed by atoms with E-state index in [1.165, 1.54) is 18.5 Å². The Labute approximate surface area is 90.5 Å². The van der Waals surface area contributed by atoms with Gasteiger partial charge in [-0.05, 0) is 6.07 Å². The van der Waals surface area contributed by atoms with E-state index in [2.05, 4.69) is 5.10 Å². The molecule has 0 saturated heterocycles. The van der Waals surface area contributed by atoms with E-state index in [1.54, 1.807) is 22.5 Å². The number of aryl methyl sites for hydroxylation is 1. The normalized spacial score (nSPS) is 10.5. The van der Waals surface area contributed by atoms with Crippen molar-refractivity contribution >= 4 is 17.6 Å². The van der Waals surface area contributed by atoms with Crippen LogP contribution in [0.15, 0.2) is 24.7 Å². The summed E-state index contributed by atoms with van der Waals surface area (Å²) in [7, 11) is 1.74. The van der Waals surface area contributed by atoms with Gasteiger partial charge in [-0.3, -0.25) is 4.68 Å². The third kappa shape index (κ3) is 1.61. The van der Waals surface area contributed by atoms with Crippen LogP contribution in [0.25, 0.3) is 5.82 Å². The summed E-state index contributed by atoms with van der Waals surface area (Å²) in [5.74, 6) is -0.323. The molecule has 0 fully saturated rings. The predicted octanol–water partition coefficient (Wildman–Crippen LogP) is 1.56.